The second kappa shape index (κ2) is 6.97. The van der Waals surface area contributed by atoms with Crippen molar-refractivity contribution in [1.29, 1.82) is 0 Å². The Bertz CT molecular complexity index is 593. The second-order valence-electron chi connectivity index (χ2n) is 5.79. The van der Waals surface area contributed by atoms with Crippen molar-refractivity contribution < 1.29 is 5.11 Å². The van der Waals surface area contributed by atoms with Gasteiger partial charge < -0.3 is 10.4 Å². The average molecular weight is 304 g/mol. The lowest BCUT2D eigenvalue weighted by molar-refractivity contribution is 0.402. The third-order valence-corrected chi connectivity index (χ3v) is 3.90. The van der Waals surface area contributed by atoms with Crippen molar-refractivity contribution in [3.8, 4) is 5.75 Å². The van der Waals surface area contributed by atoms with Gasteiger partial charge in [-0.2, -0.15) is 0 Å². The number of hydrogen-bond acceptors (Lipinski definition) is 2. The number of aromatic hydroxyl groups is 1. The van der Waals surface area contributed by atoms with Crippen LogP contribution in [0.3, 0.4) is 0 Å². The second-order valence-corrected chi connectivity index (χ2v) is 6.22. The van der Waals surface area contributed by atoms with Crippen LogP contribution in [-0.2, 0) is 6.54 Å². The van der Waals surface area contributed by atoms with Crippen LogP contribution >= 0.6 is 11.6 Å². The Morgan fingerprint density at radius 2 is 1.76 bits per heavy atom. The van der Waals surface area contributed by atoms with Crippen molar-refractivity contribution >= 4 is 11.6 Å². The summed E-state index contributed by atoms with van der Waals surface area (Å²) in [6.45, 7) is 7.03. The molecule has 112 valence electrons. The standard InChI is InChI=1S/C18H22ClNO/c1-12(2)18(14-5-7-16(19)8-6-14)20-11-15-10-13(3)4-9-17(15)21/h4-10,12,18,20-21H,11H2,1-3H3. The lowest BCUT2D eigenvalue weighted by Crippen LogP contribution is -2.25. The van der Waals surface area contributed by atoms with Crippen molar-refractivity contribution in [3.63, 3.8) is 0 Å². The van der Waals surface area contributed by atoms with E-state index in [-0.39, 0.29) is 6.04 Å². The van der Waals surface area contributed by atoms with Crippen LogP contribution in [0.15, 0.2) is 42.5 Å². The molecule has 2 N–H and O–H groups in total. The minimum absolute atomic E-state index is 0.224. The number of phenols is 1. The quantitative estimate of drug-likeness (QED) is 0.828. The van der Waals surface area contributed by atoms with Crippen LogP contribution in [0.4, 0.5) is 0 Å². The van der Waals surface area contributed by atoms with E-state index >= 15 is 0 Å². The summed E-state index contributed by atoms with van der Waals surface area (Å²) in [7, 11) is 0. The summed E-state index contributed by atoms with van der Waals surface area (Å²) >= 11 is 5.95. The molecule has 21 heavy (non-hydrogen) atoms. The third kappa shape index (κ3) is 4.23. The Morgan fingerprint density at radius 1 is 1.10 bits per heavy atom. The molecule has 0 fully saturated rings. The molecule has 0 radical (unpaired) electrons. The molecule has 1 unspecified atom stereocenters. The number of phenolic OH excluding ortho intramolecular Hbond substituents is 1. The molecule has 1 atom stereocenters. The highest BCUT2D eigenvalue weighted by atomic mass is 35.5. The van der Waals surface area contributed by atoms with Crippen LogP contribution in [0, 0.1) is 12.8 Å². The Hall–Kier alpha value is -1.51. The highest BCUT2D eigenvalue weighted by Gasteiger charge is 2.15. The highest BCUT2D eigenvalue weighted by molar-refractivity contribution is 6.30. The molecule has 0 bridgehead atoms. The minimum Gasteiger partial charge on any atom is -0.508 e. The topological polar surface area (TPSA) is 32.3 Å². The van der Waals surface area contributed by atoms with Gasteiger partial charge in [0, 0.05) is 23.2 Å². The van der Waals surface area contributed by atoms with Gasteiger partial charge in [0.05, 0.1) is 0 Å². The normalized spacial score (nSPS) is 12.6. The van der Waals surface area contributed by atoms with E-state index in [2.05, 4.69) is 31.3 Å². The van der Waals surface area contributed by atoms with Gasteiger partial charge in [-0.15, -0.1) is 0 Å². The molecule has 2 nitrogen and oxygen atoms in total. The van der Waals surface area contributed by atoms with Gasteiger partial charge in [-0.3, -0.25) is 0 Å². The van der Waals surface area contributed by atoms with Crippen LogP contribution in [0.25, 0.3) is 0 Å². The predicted molar refractivity (Wildman–Crippen MR) is 88.7 cm³/mol. The molecule has 2 aromatic carbocycles. The molecule has 3 heteroatoms. The van der Waals surface area contributed by atoms with Gasteiger partial charge in [-0.25, -0.2) is 0 Å². The number of hydrogen-bond donors (Lipinski definition) is 2. The smallest absolute Gasteiger partial charge is 0.120 e. The number of aryl methyl sites for hydroxylation is 1. The molecule has 0 spiro atoms. The van der Waals surface area contributed by atoms with Crippen LogP contribution in [0.5, 0.6) is 5.75 Å². The Labute approximate surface area is 131 Å². The van der Waals surface area contributed by atoms with Crippen molar-refractivity contribution in [2.24, 2.45) is 5.92 Å². The molecular formula is C18H22ClNO. The van der Waals surface area contributed by atoms with E-state index in [1.54, 1.807) is 6.07 Å². The molecule has 0 saturated carbocycles. The van der Waals surface area contributed by atoms with E-state index in [1.165, 1.54) is 5.56 Å². The van der Waals surface area contributed by atoms with E-state index in [0.717, 1.165) is 16.1 Å². The number of benzene rings is 2. The Balaban J connectivity index is 2.13. The van der Waals surface area contributed by atoms with Crippen LogP contribution in [-0.4, -0.2) is 5.11 Å². The van der Waals surface area contributed by atoms with Gasteiger partial charge in [0.25, 0.3) is 0 Å². The summed E-state index contributed by atoms with van der Waals surface area (Å²) in [4.78, 5) is 0. The molecule has 2 rings (SSSR count). The van der Waals surface area contributed by atoms with Crippen LogP contribution < -0.4 is 5.32 Å². The zero-order chi connectivity index (χ0) is 15.4. The van der Waals surface area contributed by atoms with E-state index < -0.39 is 0 Å². The monoisotopic (exact) mass is 303 g/mol. The fourth-order valence-electron chi connectivity index (χ4n) is 2.48. The van der Waals surface area contributed by atoms with Crippen molar-refractivity contribution in [3.05, 3.63) is 64.2 Å². The average Bonchev–Trinajstić information content (AvgIpc) is 2.44. The zero-order valence-corrected chi connectivity index (χ0v) is 13.5. The first-order chi connectivity index (χ1) is 9.97. The van der Waals surface area contributed by atoms with E-state index in [0.29, 0.717) is 18.2 Å². The molecule has 0 amide bonds. The molecule has 0 aliphatic carbocycles. The summed E-state index contributed by atoms with van der Waals surface area (Å²) < 4.78 is 0. The van der Waals surface area contributed by atoms with Gasteiger partial charge >= 0.3 is 0 Å². The first-order valence-electron chi connectivity index (χ1n) is 7.24. The Morgan fingerprint density at radius 3 is 2.38 bits per heavy atom. The zero-order valence-electron chi connectivity index (χ0n) is 12.7. The molecule has 0 aliphatic heterocycles. The summed E-state index contributed by atoms with van der Waals surface area (Å²) in [6.07, 6.45) is 0. The third-order valence-electron chi connectivity index (χ3n) is 3.64. The highest BCUT2D eigenvalue weighted by Crippen LogP contribution is 2.25. The maximum atomic E-state index is 9.94. The predicted octanol–water partition coefficient (Wildman–Crippen LogP) is 4.84. The summed E-state index contributed by atoms with van der Waals surface area (Å²) in [5, 5.41) is 14.2. The van der Waals surface area contributed by atoms with Crippen molar-refractivity contribution in [1.82, 2.24) is 5.32 Å². The first-order valence-corrected chi connectivity index (χ1v) is 7.62. The molecule has 0 heterocycles. The van der Waals surface area contributed by atoms with Crippen LogP contribution in [0.1, 0.15) is 36.6 Å². The Kier molecular flexibility index (Phi) is 5.27. The lowest BCUT2D eigenvalue weighted by atomic mass is 9.95. The fraction of sp³-hybridized carbons (Fsp3) is 0.333. The van der Waals surface area contributed by atoms with E-state index in [4.69, 9.17) is 11.6 Å². The van der Waals surface area contributed by atoms with Gasteiger partial charge in [0.15, 0.2) is 0 Å². The molecule has 0 aromatic heterocycles. The van der Waals surface area contributed by atoms with Gasteiger partial charge in [-0.05, 0) is 36.6 Å². The van der Waals surface area contributed by atoms with Gasteiger partial charge in [0.1, 0.15) is 5.75 Å². The molecule has 0 saturated heterocycles. The number of rotatable bonds is 5. The largest absolute Gasteiger partial charge is 0.508 e. The molecule has 0 aliphatic rings. The summed E-state index contributed by atoms with van der Waals surface area (Å²) in [6, 6.07) is 13.8. The first kappa shape index (κ1) is 15.9. The fourth-order valence-corrected chi connectivity index (χ4v) is 2.61. The molecular weight excluding hydrogens is 282 g/mol. The maximum Gasteiger partial charge on any atom is 0.120 e. The van der Waals surface area contributed by atoms with Gasteiger partial charge in [0.2, 0.25) is 0 Å². The van der Waals surface area contributed by atoms with Gasteiger partial charge in [-0.1, -0.05) is 55.3 Å². The maximum absolute atomic E-state index is 9.94. The number of halogens is 1. The SMILES string of the molecule is Cc1ccc(O)c(CNC(c2ccc(Cl)cc2)C(C)C)c1. The summed E-state index contributed by atoms with van der Waals surface area (Å²) in [5.74, 6) is 0.782. The van der Waals surface area contributed by atoms with E-state index in [9.17, 15) is 5.11 Å². The van der Waals surface area contributed by atoms with Crippen molar-refractivity contribution in [2.45, 2.75) is 33.4 Å². The van der Waals surface area contributed by atoms with Crippen LogP contribution in [0.2, 0.25) is 5.02 Å². The van der Waals surface area contributed by atoms with Crippen molar-refractivity contribution in [2.75, 3.05) is 0 Å². The molecule has 2 aromatic rings. The number of nitrogens with one attached hydrogen (secondary N) is 1. The summed E-state index contributed by atoms with van der Waals surface area (Å²) in [5.41, 5.74) is 3.29. The lowest BCUT2D eigenvalue weighted by Gasteiger charge is -2.23. The minimum atomic E-state index is 0.224. The van der Waals surface area contributed by atoms with E-state index in [1.807, 2.05) is 31.2 Å².